The lowest BCUT2D eigenvalue weighted by Crippen LogP contribution is -2.35. The molecule has 0 radical (unpaired) electrons. The number of benzene rings is 1. The Balaban J connectivity index is 1.61. The molecule has 10 nitrogen and oxygen atoms in total. The van der Waals surface area contributed by atoms with E-state index in [1.165, 1.54) is 12.8 Å². The first-order valence-electron chi connectivity index (χ1n) is 11.9. The molecule has 2 heterocycles. The average molecular weight is 504 g/mol. The smallest absolute Gasteiger partial charge is 0.318 e. The Kier molecular flexibility index (Phi) is 7.18. The van der Waals surface area contributed by atoms with E-state index in [1.54, 1.807) is 31.2 Å². The zero-order valence-corrected chi connectivity index (χ0v) is 21.2. The van der Waals surface area contributed by atoms with Crippen LogP contribution in [0.25, 0.3) is 0 Å². The number of nitrogens with zero attached hydrogens (tertiary/aromatic N) is 3. The van der Waals surface area contributed by atoms with E-state index in [0.717, 1.165) is 25.9 Å². The number of aliphatic hydroxyl groups excluding tert-OH is 1. The summed E-state index contributed by atoms with van der Waals surface area (Å²) in [5.74, 6) is -0.428. The van der Waals surface area contributed by atoms with Gasteiger partial charge in [-0.2, -0.15) is 4.98 Å². The van der Waals surface area contributed by atoms with Crippen LogP contribution in [0.2, 0.25) is 0 Å². The number of ether oxygens (including phenoxy) is 1. The third-order valence-electron chi connectivity index (χ3n) is 6.41. The highest BCUT2D eigenvalue weighted by atomic mass is 32.2. The lowest BCUT2D eigenvalue weighted by atomic mass is 9.93. The van der Waals surface area contributed by atoms with Gasteiger partial charge in [-0.05, 0) is 70.1 Å². The van der Waals surface area contributed by atoms with Gasteiger partial charge in [0.05, 0.1) is 35.4 Å². The van der Waals surface area contributed by atoms with Crippen LogP contribution < -0.4 is 19.7 Å². The first-order valence-corrected chi connectivity index (χ1v) is 13.6. The van der Waals surface area contributed by atoms with Gasteiger partial charge in [-0.25, -0.2) is 13.4 Å². The van der Waals surface area contributed by atoms with Gasteiger partial charge in [-0.15, -0.1) is 0 Å². The summed E-state index contributed by atoms with van der Waals surface area (Å²) in [7, 11) is -3.69. The summed E-state index contributed by atoms with van der Waals surface area (Å²) in [6, 6.07) is 6.71. The molecule has 2 fully saturated rings. The average Bonchev–Trinajstić information content (AvgIpc) is 3.51. The molecule has 1 aromatic carbocycles. The van der Waals surface area contributed by atoms with Gasteiger partial charge in [-0.3, -0.25) is 9.52 Å². The Morgan fingerprint density at radius 3 is 2.51 bits per heavy atom. The number of aryl methyl sites for hydroxylation is 1. The van der Waals surface area contributed by atoms with E-state index < -0.39 is 22.4 Å². The molecule has 2 aromatic rings. The molecule has 35 heavy (non-hydrogen) atoms. The van der Waals surface area contributed by atoms with Crippen LogP contribution in [-0.4, -0.2) is 61.0 Å². The fraction of sp³-hybridized carbons (Fsp3) is 0.542. The maximum atomic E-state index is 13.4. The van der Waals surface area contributed by atoms with Crippen molar-refractivity contribution in [2.75, 3.05) is 40.4 Å². The molecule has 0 atom stereocenters. The zero-order chi connectivity index (χ0) is 25.2. The van der Waals surface area contributed by atoms with Crippen molar-refractivity contribution in [1.82, 2.24) is 9.97 Å². The van der Waals surface area contributed by atoms with Crippen molar-refractivity contribution < 1.29 is 23.1 Å². The Morgan fingerprint density at radius 2 is 1.89 bits per heavy atom. The molecular formula is C24H33N5O5S. The number of amides is 1. The van der Waals surface area contributed by atoms with E-state index in [9.17, 15) is 13.2 Å². The molecular weight excluding hydrogens is 470 g/mol. The summed E-state index contributed by atoms with van der Waals surface area (Å²) >= 11 is 0. The van der Waals surface area contributed by atoms with Gasteiger partial charge in [0.15, 0.2) is 0 Å². The summed E-state index contributed by atoms with van der Waals surface area (Å²) in [6.45, 7) is 6.66. The summed E-state index contributed by atoms with van der Waals surface area (Å²) in [4.78, 5) is 24.0. The van der Waals surface area contributed by atoms with Gasteiger partial charge >= 0.3 is 6.01 Å². The van der Waals surface area contributed by atoms with Gasteiger partial charge in [0.25, 0.3) is 5.91 Å². The van der Waals surface area contributed by atoms with E-state index >= 15 is 0 Å². The second-order valence-electron chi connectivity index (χ2n) is 9.66. The van der Waals surface area contributed by atoms with E-state index in [2.05, 4.69) is 24.9 Å². The van der Waals surface area contributed by atoms with Crippen LogP contribution in [0.15, 0.2) is 24.3 Å². The fourth-order valence-corrected chi connectivity index (χ4v) is 5.18. The van der Waals surface area contributed by atoms with Crippen molar-refractivity contribution in [1.29, 1.82) is 0 Å². The highest BCUT2D eigenvalue weighted by Crippen LogP contribution is 2.54. The molecule has 4 rings (SSSR count). The number of sulfonamides is 1. The van der Waals surface area contributed by atoms with Crippen molar-refractivity contribution in [2.24, 2.45) is 5.41 Å². The van der Waals surface area contributed by atoms with Crippen molar-refractivity contribution >= 4 is 33.1 Å². The molecule has 3 N–H and O–H groups in total. The second kappa shape index (κ2) is 9.98. The summed E-state index contributed by atoms with van der Waals surface area (Å²) in [6.07, 6.45) is 4.50. The van der Waals surface area contributed by atoms with E-state index in [0.29, 0.717) is 33.9 Å². The van der Waals surface area contributed by atoms with Gasteiger partial charge in [-0.1, -0.05) is 0 Å². The van der Waals surface area contributed by atoms with Crippen molar-refractivity contribution in [3.63, 3.8) is 0 Å². The minimum Gasteiger partial charge on any atom is -0.461 e. The van der Waals surface area contributed by atoms with E-state index in [4.69, 9.17) is 9.84 Å². The fourth-order valence-electron chi connectivity index (χ4n) is 4.35. The molecule has 190 valence electrons. The van der Waals surface area contributed by atoms with Crippen LogP contribution >= 0.6 is 0 Å². The number of rotatable bonds is 9. The summed E-state index contributed by atoms with van der Waals surface area (Å²) in [5.41, 5.74) is 2.54. The number of hydrogen-bond donors (Lipinski definition) is 3. The molecule has 1 aliphatic heterocycles. The number of aliphatic hydroxyl groups is 1. The predicted octanol–water partition coefficient (Wildman–Crippen LogP) is 2.94. The molecule has 0 bridgehead atoms. The molecule has 1 saturated heterocycles. The minimum absolute atomic E-state index is 0.108. The largest absolute Gasteiger partial charge is 0.461 e. The lowest BCUT2D eigenvalue weighted by molar-refractivity contribution is 0.102. The van der Waals surface area contributed by atoms with Crippen LogP contribution in [0.4, 0.5) is 17.2 Å². The number of carbonyl (C=O) groups excluding carboxylic acids is 1. The Hall–Kier alpha value is -2.92. The van der Waals surface area contributed by atoms with Crippen LogP contribution in [0.1, 0.15) is 55.6 Å². The van der Waals surface area contributed by atoms with Gasteiger partial charge in [0, 0.05) is 24.8 Å². The molecule has 0 unspecified atom stereocenters. The molecule has 1 saturated carbocycles. The SMILES string of the molecule is Cc1cc(NC(=O)c2ccc(NS(=O)(=O)CCO)cc2N2CCC3(CC2)CC3)nc(OC(C)C)n1. The number of hydrogen-bond acceptors (Lipinski definition) is 8. The lowest BCUT2D eigenvalue weighted by Gasteiger charge is -2.35. The van der Waals surface area contributed by atoms with Gasteiger partial charge in [0.1, 0.15) is 5.82 Å². The Bertz CT molecular complexity index is 1190. The monoisotopic (exact) mass is 503 g/mol. The summed E-state index contributed by atoms with van der Waals surface area (Å²) in [5, 5.41) is 11.9. The van der Waals surface area contributed by atoms with Crippen molar-refractivity contribution in [3.05, 3.63) is 35.5 Å². The number of piperidine rings is 1. The third kappa shape index (κ3) is 6.40. The second-order valence-corrected chi connectivity index (χ2v) is 11.5. The van der Waals surface area contributed by atoms with Crippen LogP contribution in [0.3, 0.4) is 0 Å². The van der Waals surface area contributed by atoms with Crippen LogP contribution in [0, 0.1) is 12.3 Å². The summed E-state index contributed by atoms with van der Waals surface area (Å²) < 4.78 is 32.5. The number of carbonyl (C=O) groups is 1. The highest BCUT2D eigenvalue weighted by molar-refractivity contribution is 7.92. The third-order valence-corrected chi connectivity index (χ3v) is 7.68. The minimum atomic E-state index is -3.69. The Labute approximate surface area is 206 Å². The van der Waals surface area contributed by atoms with Crippen LogP contribution in [0.5, 0.6) is 6.01 Å². The van der Waals surface area contributed by atoms with E-state index in [1.807, 2.05) is 13.8 Å². The maximum Gasteiger partial charge on any atom is 0.318 e. The standard InChI is InChI=1S/C24H33N5O5S/c1-16(2)34-23-25-17(3)14-21(27-23)26-22(31)19-5-4-18(28-35(32,33)13-12-30)15-20(19)29-10-8-24(6-7-24)9-11-29/h4-5,14-16,28,30H,6-13H2,1-3H3,(H,25,26,27,31). The van der Waals surface area contributed by atoms with Gasteiger partial charge in [0.2, 0.25) is 10.0 Å². The molecule has 1 spiro atoms. The first-order chi connectivity index (χ1) is 16.6. The molecule has 1 aromatic heterocycles. The van der Waals surface area contributed by atoms with E-state index in [-0.39, 0.29) is 18.0 Å². The zero-order valence-electron chi connectivity index (χ0n) is 20.4. The number of anilines is 3. The quantitative estimate of drug-likeness (QED) is 0.476. The topological polar surface area (TPSA) is 134 Å². The van der Waals surface area contributed by atoms with Crippen molar-refractivity contribution in [2.45, 2.75) is 52.6 Å². The molecule has 2 aliphatic rings. The normalized spacial score (nSPS) is 16.9. The Morgan fingerprint density at radius 1 is 1.17 bits per heavy atom. The molecule has 1 aliphatic carbocycles. The number of nitrogens with one attached hydrogen (secondary N) is 2. The maximum absolute atomic E-state index is 13.4. The van der Waals surface area contributed by atoms with Crippen molar-refractivity contribution in [3.8, 4) is 6.01 Å². The molecule has 11 heteroatoms. The first kappa shape index (κ1) is 25.2. The van der Waals surface area contributed by atoms with Crippen LogP contribution in [-0.2, 0) is 10.0 Å². The predicted molar refractivity (Wildman–Crippen MR) is 135 cm³/mol. The highest BCUT2D eigenvalue weighted by Gasteiger charge is 2.44. The molecule has 1 amide bonds. The number of aromatic nitrogens is 2. The van der Waals surface area contributed by atoms with Gasteiger partial charge < -0.3 is 20.1 Å².